The van der Waals surface area contributed by atoms with Gasteiger partial charge in [0.05, 0.1) is 0 Å². The van der Waals surface area contributed by atoms with Crippen molar-refractivity contribution in [1.29, 1.82) is 0 Å². The molecule has 0 unspecified atom stereocenters. The summed E-state index contributed by atoms with van der Waals surface area (Å²) in [5.41, 5.74) is 0.540. The molecule has 3 heteroatoms. The van der Waals surface area contributed by atoms with Gasteiger partial charge in [-0.3, -0.25) is 0 Å². The van der Waals surface area contributed by atoms with Gasteiger partial charge in [-0.25, -0.2) is 0 Å². The first-order chi connectivity index (χ1) is 7.78. The van der Waals surface area contributed by atoms with Crippen molar-refractivity contribution < 1.29 is 0 Å². The Hall–Kier alpha value is -0.570. The van der Waals surface area contributed by atoms with Gasteiger partial charge >= 0.3 is 0 Å². The molecule has 1 nitrogen and oxygen atoms in total. The van der Waals surface area contributed by atoms with E-state index in [1.807, 2.05) is 11.3 Å². The number of halogens is 1. The molecular formula is C14H16ClNS. The minimum atomic E-state index is 0. The van der Waals surface area contributed by atoms with Crippen molar-refractivity contribution in [3.05, 3.63) is 35.2 Å². The summed E-state index contributed by atoms with van der Waals surface area (Å²) in [5.74, 6) is 0.936. The fourth-order valence-electron chi connectivity index (χ4n) is 3.34. The molecule has 1 saturated heterocycles. The SMILES string of the molecule is CN1C[C@H]2C[C@@]2(c2cc3ccccc3s2)C1.Cl. The molecule has 0 bridgehead atoms. The van der Waals surface area contributed by atoms with Crippen LogP contribution < -0.4 is 0 Å². The van der Waals surface area contributed by atoms with Crippen LogP contribution in [0.3, 0.4) is 0 Å². The zero-order valence-electron chi connectivity index (χ0n) is 9.85. The van der Waals surface area contributed by atoms with Crippen molar-refractivity contribution in [2.45, 2.75) is 11.8 Å². The highest BCUT2D eigenvalue weighted by atomic mass is 35.5. The van der Waals surface area contributed by atoms with Gasteiger partial charge in [-0.2, -0.15) is 0 Å². The summed E-state index contributed by atoms with van der Waals surface area (Å²) < 4.78 is 1.45. The predicted molar refractivity (Wildman–Crippen MR) is 76.4 cm³/mol. The first-order valence-electron chi connectivity index (χ1n) is 5.95. The average Bonchev–Trinajstić information content (AvgIpc) is 2.71. The molecule has 90 valence electrons. The van der Waals surface area contributed by atoms with Crippen LogP contribution in [0, 0.1) is 5.92 Å². The molecular weight excluding hydrogens is 250 g/mol. The Morgan fingerprint density at radius 3 is 2.88 bits per heavy atom. The molecule has 1 aliphatic heterocycles. The Labute approximate surface area is 112 Å². The summed E-state index contributed by atoms with van der Waals surface area (Å²) in [7, 11) is 2.25. The minimum absolute atomic E-state index is 0. The second-order valence-electron chi connectivity index (χ2n) is 5.40. The summed E-state index contributed by atoms with van der Waals surface area (Å²) in [5, 5.41) is 1.43. The Balaban J connectivity index is 0.000000902. The third kappa shape index (κ3) is 1.55. The quantitative estimate of drug-likeness (QED) is 0.763. The third-order valence-electron chi connectivity index (χ3n) is 4.23. The summed E-state index contributed by atoms with van der Waals surface area (Å²) >= 11 is 2.01. The van der Waals surface area contributed by atoms with E-state index in [1.54, 1.807) is 4.88 Å². The van der Waals surface area contributed by atoms with Gasteiger partial charge in [-0.15, -0.1) is 23.7 Å². The van der Waals surface area contributed by atoms with Gasteiger partial charge in [0.1, 0.15) is 0 Å². The Morgan fingerprint density at radius 2 is 2.18 bits per heavy atom. The van der Waals surface area contributed by atoms with Crippen LogP contribution in [0.4, 0.5) is 0 Å². The minimum Gasteiger partial charge on any atom is -0.305 e. The van der Waals surface area contributed by atoms with Crippen LogP contribution in [-0.4, -0.2) is 25.0 Å². The number of benzene rings is 1. The Kier molecular flexibility index (Phi) is 2.51. The maximum Gasteiger partial charge on any atom is 0.0345 e. The monoisotopic (exact) mass is 265 g/mol. The van der Waals surface area contributed by atoms with Gasteiger partial charge in [-0.05, 0) is 36.9 Å². The van der Waals surface area contributed by atoms with Crippen LogP contribution in [0.25, 0.3) is 10.1 Å². The van der Waals surface area contributed by atoms with Crippen molar-refractivity contribution in [2.24, 2.45) is 5.92 Å². The van der Waals surface area contributed by atoms with Crippen molar-refractivity contribution in [3.8, 4) is 0 Å². The van der Waals surface area contributed by atoms with E-state index in [9.17, 15) is 0 Å². The first kappa shape index (κ1) is 11.5. The number of hydrogen-bond donors (Lipinski definition) is 0. The van der Waals surface area contributed by atoms with Crippen LogP contribution >= 0.6 is 23.7 Å². The van der Waals surface area contributed by atoms with Crippen molar-refractivity contribution in [3.63, 3.8) is 0 Å². The molecule has 2 aliphatic rings. The van der Waals surface area contributed by atoms with Crippen molar-refractivity contribution in [1.82, 2.24) is 4.90 Å². The van der Waals surface area contributed by atoms with E-state index in [0.717, 1.165) is 5.92 Å². The Bertz CT molecular complexity index is 531. The second-order valence-corrected chi connectivity index (χ2v) is 6.49. The highest BCUT2D eigenvalue weighted by Crippen LogP contribution is 2.60. The van der Waals surface area contributed by atoms with Crippen molar-refractivity contribution in [2.75, 3.05) is 20.1 Å². The zero-order chi connectivity index (χ0) is 10.8. The molecule has 4 rings (SSSR count). The van der Waals surface area contributed by atoms with Gasteiger partial charge in [-0.1, -0.05) is 18.2 Å². The number of piperidine rings is 1. The van der Waals surface area contributed by atoms with Crippen LogP contribution in [0.5, 0.6) is 0 Å². The smallest absolute Gasteiger partial charge is 0.0345 e. The molecule has 2 heterocycles. The fourth-order valence-corrected chi connectivity index (χ4v) is 4.68. The lowest BCUT2D eigenvalue weighted by Crippen LogP contribution is -2.21. The lowest BCUT2D eigenvalue weighted by molar-refractivity contribution is 0.364. The molecule has 1 saturated carbocycles. The van der Waals surface area contributed by atoms with E-state index in [-0.39, 0.29) is 12.4 Å². The highest BCUT2D eigenvalue weighted by molar-refractivity contribution is 7.19. The molecule has 1 aromatic carbocycles. The van der Waals surface area contributed by atoms with Gasteiger partial charge in [0.2, 0.25) is 0 Å². The van der Waals surface area contributed by atoms with E-state index in [1.165, 1.54) is 29.6 Å². The van der Waals surface area contributed by atoms with Crippen LogP contribution in [0.1, 0.15) is 11.3 Å². The Morgan fingerprint density at radius 1 is 1.35 bits per heavy atom. The van der Waals surface area contributed by atoms with Gasteiger partial charge in [0.15, 0.2) is 0 Å². The molecule has 17 heavy (non-hydrogen) atoms. The van der Waals surface area contributed by atoms with Crippen LogP contribution in [0.15, 0.2) is 30.3 Å². The molecule has 0 N–H and O–H groups in total. The number of rotatable bonds is 1. The fraction of sp³-hybridized carbons (Fsp3) is 0.429. The van der Waals surface area contributed by atoms with E-state index < -0.39 is 0 Å². The number of fused-ring (bicyclic) bond motifs is 2. The number of likely N-dealkylation sites (tertiary alicyclic amines) is 1. The van der Waals surface area contributed by atoms with Gasteiger partial charge < -0.3 is 4.90 Å². The standard InChI is InChI=1S/C14H15NS.ClH/c1-15-8-11-7-14(11,9-15)13-6-10-4-2-3-5-12(10)16-13;/h2-6,11H,7-9H2,1H3;1H/t11-,14-;/m1./s1. The molecule has 1 aromatic heterocycles. The van der Waals surface area contributed by atoms with Gasteiger partial charge in [0, 0.05) is 28.1 Å². The zero-order valence-corrected chi connectivity index (χ0v) is 11.5. The maximum absolute atomic E-state index is 2.48. The summed E-state index contributed by atoms with van der Waals surface area (Å²) in [6.07, 6.45) is 1.42. The number of hydrogen-bond acceptors (Lipinski definition) is 2. The molecule has 2 atom stereocenters. The second kappa shape index (κ2) is 3.71. The summed E-state index contributed by atoms with van der Waals surface area (Å²) in [4.78, 5) is 4.11. The maximum atomic E-state index is 2.48. The normalized spacial score (nSPS) is 31.2. The molecule has 2 aromatic rings. The molecule has 0 radical (unpaired) electrons. The highest BCUT2D eigenvalue weighted by Gasteiger charge is 2.60. The molecule has 0 spiro atoms. The van der Waals surface area contributed by atoms with E-state index in [2.05, 4.69) is 42.3 Å². The summed E-state index contributed by atoms with van der Waals surface area (Å²) in [6.45, 7) is 2.57. The number of nitrogens with zero attached hydrogens (tertiary/aromatic N) is 1. The molecule has 2 fully saturated rings. The first-order valence-corrected chi connectivity index (χ1v) is 6.77. The lowest BCUT2D eigenvalue weighted by Gasteiger charge is -2.14. The van der Waals surface area contributed by atoms with Gasteiger partial charge in [0.25, 0.3) is 0 Å². The largest absolute Gasteiger partial charge is 0.305 e. The third-order valence-corrected chi connectivity index (χ3v) is 5.57. The molecule has 1 aliphatic carbocycles. The number of likely N-dealkylation sites (N-methyl/N-ethyl adjacent to an activating group) is 1. The van der Waals surface area contributed by atoms with Crippen LogP contribution in [-0.2, 0) is 5.41 Å². The van der Waals surface area contributed by atoms with Crippen LogP contribution in [0.2, 0.25) is 0 Å². The predicted octanol–water partition coefficient (Wildman–Crippen LogP) is 3.53. The number of thiophene rings is 1. The molecule has 0 amide bonds. The van der Waals surface area contributed by atoms with Crippen molar-refractivity contribution >= 4 is 33.8 Å². The topological polar surface area (TPSA) is 3.24 Å². The van der Waals surface area contributed by atoms with E-state index in [0.29, 0.717) is 5.41 Å². The summed E-state index contributed by atoms with van der Waals surface area (Å²) in [6, 6.07) is 11.2. The van der Waals surface area contributed by atoms with E-state index >= 15 is 0 Å². The lowest BCUT2D eigenvalue weighted by atomic mass is 10.0. The average molecular weight is 266 g/mol. The van der Waals surface area contributed by atoms with E-state index in [4.69, 9.17) is 0 Å².